The number of ether oxygens (including phenoxy) is 1. The zero-order valence-electron chi connectivity index (χ0n) is 9.24. The minimum Gasteiger partial charge on any atom is -0.475 e. The van der Waals surface area contributed by atoms with E-state index in [1.54, 1.807) is 0 Å². The standard InChI is InChI=1S/C12H8F2O4/c1-12(6-2-7(13)4-8(14)3-6)10(15)5-9(18-12)11(16)17/h2-5H,1H3,(H,16,17). The van der Waals surface area contributed by atoms with Gasteiger partial charge in [0.2, 0.25) is 11.5 Å². The van der Waals surface area contributed by atoms with Gasteiger partial charge in [-0.05, 0) is 19.1 Å². The first kappa shape index (κ1) is 12.2. The number of hydrogen-bond acceptors (Lipinski definition) is 3. The molecule has 18 heavy (non-hydrogen) atoms. The van der Waals surface area contributed by atoms with E-state index in [0.29, 0.717) is 6.07 Å². The summed E-state index contributed by atoms with van der Waals surface area (Å²) < 4.78 is 31.2. The topological polar surface area (TPSA) is 63.6 Å². The molecule has 1 atom stereocenters. The highest BCUT2D eigenvalue weighted by Gasteiger charge is 2.44. The fourth-order valence-corrected chi connectivity index (χ4v) is 1.69. The van der Waals surface area contributed by atoms with Gasteiger partial charge in [-0.2, -0.15) is 0 Å². The summed E-state index contributed by atoms with van der Waals surface area (Å²) in [5, 5.41) is 8.73. The lowest BCUT2D eigenvalue weighted by atomic mass is 9.92. The lowest BCUT2D eigenvalue weighted by Crippen LogP contribution is -2.30. The molecule has 0 radical (unpaired) electrons. The number of rotatable bonds is 2. The Hall–Kier alpha value is -2.24. The van der Waals surface area contributed by atoms with Crippen molar-refractivity contribution in [3.05, 3.63) is 47.2 Å². The molecule has 1 N–H and O–H groups in total. The number of aliphatic carboxylic acids is 1. The van der Waals surface area contributed by atoms with Gasteiger partial charge in [0.1, 0.15) is 11.6 Å². The van der Waals surface area contributed by atoms with Crippen LogP contribution < -0.4 is 0 Å². The molecule has 0 saturated heterocycles. The van der Waals surface area contributed by atoms with Crippen molar-refractivity contribution in [1.29, 1.82) is 0 Å². The summed E-state index contributed by atoms with van der Waals surface area (Å²) in [6.07, 6.45) is 0.797. The van der Waals surface area contributed by atoms with Crippen molar-refractivity contribution in [2.75, 3.05) is 0 Å². The van der Waals surface area contributed by atoms with Crippen LogP contribution >= 0.6 is 0 Å². The van der Waals surface area contributed by atoms with Crippen molar-refractivity contribution in [2.24, 2.45) is 0 Å². The summed E-state index contributed by atoms with van der Waals surface area (Å²) in [4.78, 5) is 22.4. The van der Waals surface area contributed by atoms with E-state index in [9.17, 15) is 18.4 Å². The van der Waals surface area contributed by atoms with E-state index in [1.165, 1.54) is 6.92 Å². The Kier molecular flexibility index (Phi) is 2.65. The molecule has 94 valence electrons. The minimum atomic E-state index is -1.71. The quantitative estimate of drug-likeness (QED) is 0.873. The smallest absolute Gasteiger partial charge is 0.371 e. The third-order valence-electron chi connectivity index (χ3n) is 2.67. The molecule has 0 saturated carbocycles. The van der Waals surface area contributed by atoms with Crippen LogP contribution in [0.3, 0.4) is 0 Å². The summed E-state index contributed by atoms with van der Waals surface area (Å²) in [5.41, 5.74) is -1.78. The number of halogens is 2. The van der Waals surface area contributed by atoms with Crippen molar-refractivity contribution in [3.63, 3.8) is 0 Å². The SMILES string of the molecule is CC1(c2cc(F)cc(F)c2)OC(C(=O)O)=CC1=O. The molecule has 0 aliphatic carbocycles. The predicted molar refractivity (Wildman–Crippen MR) is 55.5 cm³/mol. The highest BCUT2D eigenvalue weighted by atomic mass is 19.1. The largest absolute Gasteiger partial charge is 0.475 e. The average molecular weight is 254 g/mol. The molecule has 0 fully saturated rings. The number of carboxylic acids is 1. The van der Waals surface area contributed by atoms with E-state index in [-0.39, 0.29) is 5.56 Å². The van der Waals surface area contributed by atoms with Gasteiger partial charge in [-0.15, -0.1) is 0 Å². The van der Waals surface area contributed by atoms with Crippen LogP contribution in [0.4, 0.5) is 8.78 Å². The van der Waals surface area contributed by atoms with Crippen molar-refractivity contribution in [2.45, 2.75) is 12.5 Å². The molecule has 1 aliphatic heterocycles. The number of carbonyl (C=O) groups excluding carboxylic acids is 1. The lowest BCUT2D eigenvalue weighted by molar-refractivity contribution is -0.141. The van der Waals surface area contributed by atoms with Crippen LogP contribution in [0.25, 0.3) is 0 Å². The first-order valence-corrected chi connectivity index (χ1v) is 4.98. The van der Waals surface area contributed by atoms with Crippen LogP contribution in [0.5, 0.6) is 0 Å². The second kappa shape index (κ2) is 3.90. The molecule has 0 bridgehead atoms. The third kappa shape index (κ3) is 1.85. The molecule has 1 aromatic rings. The Labute approximate surface area is 100 Å². The van der Waals surface area contributed by atoms with Crippen molar-refractivity contribution >= 4 is 11.8 Å². The van der Waals surface area contributed by atoms with Gasteiger partial charge < -0.3 is 9.84 Å². The van der Waals surface area contributed by atoms with E-state index < -0.39 is 34.7 Å². The molecule has 4 nitrogen and oxygen atoms in total. The van der Waals surface area contributed by atoms with E-state index >= 15 is 0 Å². The number of benzene rings is 1. The highest BCUT2D eigenvalue weighted by Crippen LogP contribution is 2.35. The second-order valence-corrected chi connectivity index (χ2v) is 3.97. The average Bonchev–Trinajstić information content (AvgIpc) is 2.55. The third-order valence-corrected chi connectivity index (χ3v) is 2.67. The van der Waals surface area contributed by atoms with Crippen molar-refractivity contribution in [1.82, 2.24) is 0 Å². The normalized spacial score (nSPS) is 22.6. The lowest BCUT2D eigenvalue weighted by Gasteiger charge is -2.23. The zero-order valence-corrected chi connectivity index (χ0v) is 9.24. The van der Waals surface area contributed by atoms with Gasteiger partial charge >= 0.3 is 5.97 Å². The molecule has 6 heteroatoms. The van der Waals surface area contributed by atoms with Gasteiger partial charge in [0.05, 0.1) is 0 Å². The summed E-state index contributed by atoms with van der Waals surface area (Å²) in [6, 6.07) is 2.51. The van der Waals surface area contributed by atoms with Gasteiger partial charge in [0.15, 0.2) is 5.60 Å². The molecule has 0 aromatic heterocycles. The van der Waals surface area contributed by atoms with Crippen LogP contribution in [-0.4, -0.2) is 16.9 Å². The highest BCUT2D eigenvalue weighted by molar-refractivity contribution is 6.05. The molecule has 1 unspecified atom stereocenters. The number of ketones is 1. The monoisotopic (exact) mass is 254 g/mol. The Bertz CT molecular complexity index is 559. The summed E-state index contributed by atoms with van der Waals surface area (Å²) >= 11 is 0. The first-order valence-electron chi connectivity index (χ1n) is 4.98. The Balaban J connectivity index is 2.45. The molecule has 0 amide bonds. The molecule has 1 aromatic carbocycles. The second-order valence-electron chi connectivity index (χ2n) is 3.97. The van der Waals surface area contributed by atoms with E-state index in [2.05, 4.69) is 0 Å². The van der Waals surface area contributed by atoms with Gasteiger partial charge in [0.25, 0.3) is 0 Å². The van der Waals surface area contributed by atoms with Gasteiger partial charge in [0, 0.05) is 17.7 Å². The van der Waals surface area contributed by atoms with Crippen LogP contribution in [0.2, 0.25) is 0 Å². The number of hydrogen-bond donors (Lipinski definition) is 1. The Morgan fingerprint density at radius 3 is 2.28 bits per heavy atom. The van der Waals surface area contributed by atoms with Crippen molar-refractivity contribution < 1.29 is 28.2 Å². The zero-order chi connectivity index (χ0) is 13.5. The first-order chi connectivity index (χ1) is 8.33. The van der Waals surface area contributed by atoms with Crippen molar-refractivity contribution in [3.8, 4) is 0 Å². The van der Waals surface area contributed by atoms with Crippen LogP contribution in [0.1, 0.15) is 12.5 Å². The van der Waals surface area contributed by atoms with Gasteiger partial charge in [-0.25, -0.2) is 13.6 Å². The molecule has 0 spiro atoms. The minimum absolute atomic E-state index is 0.0718. The molecule has 1 aliphatic rings. The molecular weight excluding hydrogens is 246 g/mol. The predicted octanol–water partition coefficient (Wildman–Crippen LogP) is 1.75. The van der Waals surface area contributed by atoms with Crippen LogP contribution in [0.15, 0.2) is 30.0 Å². The number of carboxylic acid groups (broad SMARTS) is 1. The Morgan fingerprint density at radius 1 is 1.28 bits per heavy atom. The fourth-order valence-electron chi connectivity index (χ4n) is 1.69. The van der Waals surface area contributed by atoms with E-state index in [4.69, 9.17) is 9.84 Å². The van der Waals surface area contributed by atoms with Crippen LogP contribution in [-0.2, 0) is 19.9 Å². The van der Waals surface area contributed by atoms with E-state index in [0.717, 1.165) is 18.2 Å². The summed E-state index contributed by atoms with van der Waals surface area (Å²) in [6.45, 7) is 1.26. The Morgan fingerprint density at radius 2 is 1.83 bits per heavy atom. The molecular formula is C12H8F2O4. The van der Waals surface area contributed by atoms with Crippen LogP contribution in [0, 0.1) is 11.6 Å². The summed E-state index contributed by atoms with van der Waals surface area (Å²) in [5.74, 6) is -4.38. The van der Waals surface area contributed by atoms with Gasteiger partial charge in [-0.3, -0.25) is 4.79 Å². The summed E-state index contributed by atoms with van der Waals surface area (Å²) in [7, 11) is 0. The van der Waals surface area contributed by atoms with E-state index in [1.807, 2.05) is 0 Å². The van der Waals surface area contributed by atoms with Gasteiger partial charge in [-0.1, -0.05) is 0 Å². The maximum atomic E-state index is 13.1. The number of carbonyl (C=O) groups is 2. The maximum absolute atomic E-state index is 13.1. The maximum Gasteiger partial charge on any atom is 0.371 e. The molecule has 2 rings (SSSR count). The fraction of sp³-hybridized carbons (Fsp3) is 0.167. The molecule has 1 heterocycles.